The molecule has 0 saturated heterocycles. The van der Waals surface area contributed by atoms with E-state index >= 15 is 0 Å². The monoisotopic (exact) mass is 278 g/mol. The quantitative estimate of drug-likeness (QED) is 0.566. The van der Waals surface area contributed by atoms with Crippen molar-refractivity contribution in [3.05, 3.63) is 60.7 Å². The van der Waals surface area contributed by atoms with Gasteiger partial charge in [0.2, 0.25) is 0 Å². The van der Waals surface area contributed by atoms with Crippen LogP contribution in [0.3, 0.4) is 0 Å². The predicted octanol–water partition coefficient (Wildman–Crippen LogP) is 4.14. The van der Waals surface area contributed by atoms with Crippen LogP contribution in [0.25, 0.3) is 21.9 Å². The van der Waals surface area contributed by atoms with E-state index in [0.29, 0.717) is 11.3 Å². The van der Waals surface area contributed by atoms with Crippen LogP contribution in [0.15, 0.2) is 60.7 Å². The van der Waals surface area contributed by atoms with Crippen LogP contribution in [0.2, 0.25) is 0 Å². The van der Waals surface area contributed by atoms with Crippen molar-refractivity contribution < 1.29 is 14.6 Å². The van der Waals surface area contributed by atoms with Crippen LogP contribution in [-0.2, 0) is 4.79 Å². The molecule has 1 N–H and O–H groups in total. The minimum absolute atomic E-state index is 0.0881. The Bertz CT molecular complexity index is 816. The maximum Gasteiger partial charge on any atom is 0.308 e. The molecule has 21 heavy (non-hydrogen) atoms. The van der Waals surface area contributed by atoms with Crippen molar-refractivity contribution >= 4 is 16.7 Å². The van der Waals surface area contributed by atoms with Gasteiger partial charge in [-0.2, -0.15) is 0 Å². The molecule has 3 heteroatoms. The Morgan fingerprint density at radius 3 is 2.48 bits per heavy atom. The molecule has 0 heterocycles. The Hall–Kier alpha value is -2.81. The maximum absolute atomic E-state index is 11.3. The highest BCUT2D eigenvalue weighted by atomic mass is 16.5. The van der Waals surface area contributed by atoms with Gasteiger partial charge in [-0.1, -0.05) is 48.5 Å². The zero-order valence-corrected chi connectivity index (χ0v) is 11.5. The number of phenolic OH excluding ortho intramolecular Hbond substituents is 1. The first kappa shape index (κ1) is 13.2. The molecule has 0 amide bonds. The summed E-state index contributed by atoms with van der Waals surface area (Å²) in [5.41, 5.74) is 1.37. The molecule has 0 aliphatic rings. The molecule has 0 spiro atoms. The molecule has 3 aromatic rings. The summed E-state index contributed by atoms with van der Waals surface area (Å²) in [6.45, 7) is 1.34. The van der Waals surface area contributed by atoms with E-state index in [4.69, 9.17) is 4.74 Å². The summed E-state index contributed by atoms with van der Waals surface area (Å²) in [4.78, 5) is 11.3. The third kappa shape index (κ3) is 2.46. The van der Waals surface area contributed by atoms with E-state index in [0.717, 1.165) is 16.3 Å². The molecule has 3 nitrogen and oxygen atoms in total. The number of carbonyl (C=O) groups excluding carboxylic acids is 1. The normalized spacial score (nSPS) is 10.5. The summed E-state index contributed by atoms with van der Waals surface area (Å²) in [5.74, 6) is 0.0334. The first-order valence-corrected chi connectivity index (χ1v) is 6.65. The van der Waals surface area contributed by atoms with Crippen molar-refractivity contribution in [2.45, 2.75) is 6.92 Å². The summed E-state index contributed by atoms with van der Waals surface area (Å²) in [6, 6.07) is 18.6. The third-order valence-corrected chi connectivity index (χ3v) is 3.32. The van der Waals surface area contributed by atoms with Gasteiger partial charge in [0.15, 0.2) is 0 Å². The number of aromatic hydroxyl groups is 1. The maximum atomic E-state index is 11.3. The molecule has 0 saturated carbocycles. The van der Waals surface area contributed by atoms with Gasteiger partial charge in [0.25, 0.3) is 0 Å². The van der Waals surface area contributed by atoms with Crippen molar-refractivity contribution in [3.8, 4) is 22.6 Å². The summed E-state index contributed by atoms with van der Waals surface area (Å²) in [5, 5.41) is 12.3. The highest BCUT2D eigenvalue weighted by Gasteiger charge is 2.15. The third-order valence-electron chi connectivity index (χ3n) is 3.32. The van der Waals surface area contributed by atoms with E-state index in [1.54, 1.807) is 18.2 Å². The topological polar surface area (TPSA) is 46.5 Å². The van der Waals surface area contributed by atoms with E-state index in [2.05, 4.69) is 0 Å². The molecule has 0 bridgehead atoms. The second-order valence-electron chi connectivity index (χ2n) is 4.77. The van der Waals surface area contributed by atoms with Gasteiger partial charge in [0.05, 0.1) is 5.56 Å². The molecule has 0 fully saturated rings. The van der Waals surface area contributed by atoms with Crippen LogP contribution < -0.4 is 4.74 Å². The molecule has 3 aromatic carbocycles. The molecule has 0 aromatic heterocycles. The Labute approximate surface area is 122 Å². The zero-order valence-electron chi connectivity index (χ0n) is 11.5. The fourth-order valence-electron chi connectivity index (χ4n) is 2.47. The SMILES string of the molecule is CC(=O)Oc1cccc(O)c1-c1cccc2ccccc12. The van der Waals surface area contributed by atoms with E-state index in [1.165, 1.54) is 6.92 Å². The fraction of sp³-hybridized carbons (Fsp3) is 0.0556. The second kappa shape index (κ2) is 5.29. The molecule has 0 aliphatic heterocycles. The first-order valence-electron chi connectivity index (χ1n) is 6.65. The van der Waals surface area contributed by atoms with Gasteiger partial charge in [0.1, 0.15) is 11.5 Å². The average molecular weight is 278 g/mol. The average Bonchev–Trinajstić information content (AvgIpc) is 2.47. The number of rotatable bonds is 2. The van der Waals surface area contributed by atoms with Crippen molar-refractivity contribution in [2.24, 2.45) is 0 Å². The Balaban J connectivity index is 2.30. The van der Waals surface area contributed by atoms with Gasteiger partial charge in [-0.3, -0.25) is 4.79 Å². The predicted molar refractivity (Wildman–Crippen MR) is 82.4 cm³/mol. The minimum atomic E-state index is -0.415. The van der Waals surface area contributed by atoms with Crippen molar-refractivity contribution in [1.82, 2.24) is 0 Å². The van der Waals surface area contributed by atoms with Gasteiger partial charge in [0, 0.05) is 6.92 Å². The van der Waals surface area contributed by atoms with Crippen LogP contribution in [0.5, 0.6) is 11.5 Å². The molecular weight excluding hydrogens is 264 g/mol. The van der Waals surface area contributed by atoms with E-state index < -0.39 is 5.97 Å². The number of carbonyl (C=O) groups is 1. The Morgan fingerprint density at radius 2 is 1.67 bits per heavy atom. The number of hydrogen-bond donors (Lipinski definition) is 1. The lowest BCUT2D eigenvalue weighted by atomic mass is 9.97. The zero-order chi connectivity index (χ0) is 14.8. The highest BCUT2D eigenvalue weighted by molar-refractivity contribution is 5.99. The molecular formula is C18H14O3. The van der Waals surface area contributed by atoms with E-state index in [-0.39, 0.29) is 5.75 Å². The van der Waals surface area contributed by atoms with Crippen LogP contribution in [0.1, 0.15) is 6.92 Å². The van der Waals surface area contributed by atoms with Crippen LogP contribution in [-0.4, -0.2) is 11.1 Å². The van der Waals surface area contributed by atoms with Crippen LogP contribution >= 0.6 is 0 Å². The van der Waals surface area contributed by atoms with E-state index in [1.807, 2.05) is 42.5 Å². The summed E-state index contributed by atoms with van der Waals surface area (Å²) in [7, 11) is 0. The molecule has 0 aliphatic carbocycles. The highest BCUT2D eigenvalue weighted by Crippen LogP contribution is 2.41. The lowest BCUT2D eigenvalue weighted by Crippen LogP contribution is -2.02. The van der Waals surface area contributed by atoms with Gasteiger partial charge >= 0.3 is 5.97 Å². The van der Waals surface area contributed by atoms with Crippen molar-refractivity contribution in [2.75, 3.05) is 0 Å². The van der Waals surface area contributed by atoms with Gasteiger partial charge in [-0.05, 0) is 28.5 Å². The lowest BCUT2D eigenvalue weighted by Gasteiger charge is -2.13. The number of ether oxygens (including phenoxy) is 1. The lowest BCUT2D eigenvalue weighted by molar-refractivity contribution is -0.131. The smallest absolute Gasteiger partial charge is 0.308 e. The molecule has 104 valence electrons. The summed E-state index contributed by atoms with van der Waals surface area (Å²) < 4.78 is 5.23. The summed E-state index contributed by atoms with van der Waals surface area (Å²) in [6.07, 6.45) is 0. The Kier molecular flexibility index (Phi) is 3.32. The standard InChI is InChI=1S/C18H14O3/c1-12(19)21-17-11-5-10-16(20)18(17)15-9-4-7-13-6-2-3-8-14(13)15/h2-11,20H,1H3. The number of phenols is 1. The van der Waals surface area contributed by atoms with Gasteiger partial charge in [-0.25, -0.2) is 0 Å². The van der Waals surface area contributed by atoms with Gasteiger partial charge in [-0.15, -0.1) is 0 Å². The number of esters is 1. The van der Waals surface area contributed by atoms with Crippen molar-refractivity contribution in [3.63, 3.8) is 0 Å². The number of fused-ring (bicyclic) bond motifs is 1. The van der Waals surface area contributed by atoms with Crippen molar-refractivity contribution in [1.29, 1.82) is 0 Å². The molecule has 0 atom stereocenters. The van der Waals surface area contributed by atoms with Gasteiger partial charge < -0.3 is 9.84 Å². The Morgan fingerprint density at radius 1 is 0.952 bits per heavy atom. The number of benzene rings is 3. The number of hydrogen-bond acceptors (Lipinski definition) is 3. The largest absolute Gasteiger partial charge is 0.507 e. The first-order chi connectivity index (χ1) is 10.2. The summed E-state index contributed by atoms with van der Waals surface area (Å²) >= 11 is 0. The van der Waals surface area contributed by atoms with Crippen LogP contribution in [0.4, 0.5) is 0 Å². The molecule has 0 radical (unpaired) electrons. The fourth-order valence-corrected chi connectivity index (χ4v) is 2.47. The van der Waals surface area contributed by atoms with Crippen LogP contribution in [0, 0.1) is 0 Å². The molecule has 0 unspecified atom stereocenters. The minimum Gasteiger partial charge on any atom is -0.507 e. The second-order valence-corrected chi connectivity index (χ2v) is 4.77. The molecule has 3 rings (SSSR count). The van der Waals surface area contributed by atoms with E-state index in [9.17, 15) is 9.90 Å².